The molecular weight excluding hydrogens is 445 g/mol. The van der Waals surface area contributed by atoms with Gasteiger partial charge in [-0.3, -0.25) is 10.1 Å². The van der Waals surface area contributed by atoms with Crippen LogP contribution in [-0.2, 0) is 16.0 Å². The number of nitro benzene ring substituents is 1. The van der Waals surface area contributed by atoms with Gasteiger partial charge in [0.15, 0.2) is 11.5 Å². The van der Waals surface area contributed by atoms with Gasteiger partial charge in [-0.25, -0.2) is 14.0 Å². The number of halogens is 1. The first-order valence-corrected chi connectivity index (χ1v) is 10.6. The summed E-state index contributed by atoms with van der Waals surface area (Å²) >= 11 is 0. The summed E-state index contributed by atoms with van der Waals surface area (Å²) in [6.07, 6.45) is -2.61. The van der Waals surface area contributed by atoms with E-state index in [0.717, 1.165) is 17.2 Å². The molecule has 2 rings (SSSR count). The molecule has 0 aliphatic heterocycles. The molecule has 1 N–H and O–H groups in total. The summed E-state index contributed by atoms with van der Waals surface area (Å²) in [7, 11) is 0. The maximum atomic E-state index is 15.7. The number of nitrogens with one attached hydrogen (secondary N) is 1. The van der Waals surface area contributed by atoms with E-state index in [2.05, 4.69) is 5.32 Å². The Hall–Kier alpha value is -3.69. The van der Waals surface area contributed by atoms with Gasteiger partial charge in [-0.15, -0.1) is 0 Å². The van der Waals surface area contributed by atoms with Crippen LogP contribution in [0.2, 0.25) is 0 Å². The topological polar surface area (TPSA) is 111 Å². The number of ether oxygens (including phenoxy) is 2. The molecule has 0 spiro atoms. The van der Waals surface area contributed by atoms with Gasteiger partial charge in [-0.1, -0.05) is 29.8 Å². The molecule has 2 amide bonds. The van der Waals surface area contributed by atoms with E-state index in [1.165, 1.54) is 6.07 Å². The first-order valence-electron chi connectivity index (χ1n) is 10.6. The molecule has 0 aromatic heterocycles. The second-order valence-corrected chi connectivity index (χ2v) is 9.69. The van der Waals surface area contributed by atoms with Crippen LogP contribution < -0.4 is 10.2 Å². The van der Waals surface area contributed by atoms with E-state index in [1.54, 1.807) is 41.5 Å². The maximum Gasteiger partial charge on any atom is 0.424 e. The number of nitro groups is 1. The van der Waals surface area contributed by atoms with Gasteiger partial charge in [-0.2, -0.15) is 4.90 Å². The van der Waals surface area contributed by atoms with E-state index in [1.807, 2.05) is 31.2 Å². The van der Waals surface area contributed by atoms with Crippen LogP contribution in [-0.4, -0.2) is 28.3 Å². The average molecular weight is 476 g/mol. The second-order valence-electron chi connectivity index (χ2n) is 9.69. The summed E-state index contributed by atoms with van der Waals surface area (Å²) in [5.41, 5.74) is -2.05. The number of anilines is 2. The third-order valence-electron chi connectivity index (χ3n) is 4.27. The molecule has 0 bridgehead atoms. The van der Waals surface area contributed by atoms with Crippen LogP contribution in [0.25, 0.3) is 0 Å². The van der Waals surface area contributed by atoms with Gasteiger partial charge in [0, 0.05) is 12.6 Å². The highest BCUT2D eigenvalue weighted by Crippen LogP contribution is 2.37. The Morgan fingerprint density at radius 2 is 1.47 bits per heavy atom. The molecule has 0 aliphatic carbocycles. The number of hydrogen-bond acceptors (Lipinski definition) is 7. The first kappa shape index (κ1) is 26.6. The summed E-state index contributed by atoms with van der Waals surface area (Å²) in [4.78, 5) is 36.9. The lowest BCUT2D eigenvalue weighted by Crippen LogP contribution is -2.44. The fraction of sp³-hybridized carbons (Fsp3) is 0.417. The van der Waals surface area contributed by atoms with Crippen molar-refractivity contribution in [2.45, 2.75) is 66.2 Å². The van der Waals surface area contributed by atoms with Crippen LogP contribution in [0.4, 0.5) is 31.0 Å². The van der Waals surface area contributed by atoms with Crippen LogP contribution in [0.15, 0.2) is 36.4 Å². The van der Waals surface area contributed by atoms with Gasteiger partial charge in [0.05, 0.1) is 10.6 Å². The third kappa shape index (κ3) is 7.16. The molecule has 0 heterocycles. The molecule has 0 saturated heterocycles. The molecule has 184 valence electrons. The van der Waals surface area contributed by atoms with Crippen LogP contribution in [0.3, 0.4) is 0 Å². The van der Waals surface area contributed by atoms with Gasteiger partial charge in [0.1, 0.15) is 11.2 Å². The molecule has 9 nitrogen and oxygen atoms in total. The van der Waals surface area contributed by atoms with Gasteiger partial charge < -0.3 is 14.8 Å². The fourth-order valence-electron chi connectivity index (χ4n) is 2.83. The van der Waals surface area contributed by atoms with Crippen LogP contribution in [0.1, 0.15) is 52.7 Å². The molecule has 10 heteroatoms. The van der Waals surface area contributed by atoms with Gasteiger partial charge >= 0.3 is 12.2 Å². The minimum absolute atomic E-state index is 0.140. The second kappa shape index (κ2) is 10.1. The Labute approximate surface area is 198 Å². The van der Waals surface area contributed by atoms with Crippen molar-refractivity contribution < 1.29 is 28.4 Å². The number of benzene rings is 2. The molecule has 34 heavy (non-hydrogen) atoms. The number of imide groups is 1. The van der Waals surface area contributed by atoms with Crippen LogP contribution in [0.5, 0.6) is 0 Å². The summed E-state index contributed by atoms with van der Waals surface area (Å²) in [5.74, 6) is -1.17. The standard InChI is InChI=1S/C24H30FN3O6/c1-15-8-10-16(11-9-15)14-26-17-12-13-18(28(31)32)20(19(17)25)27(21(29)33-23(2,3)4)22(30)34-24(5,6)7/h8-13,26H,14H2,1-7H3. The highest BCUT2D eigenvalue weighted by Gasteiger charge is 2.39. The number of nitrogens with zero attached hydrogens (tertiary/aromatic N) is 2. The summed E-state index contributed by atoms with van der Waals surface area (Å²) in [5, 5.41) is 14.6. The van der Waals surface area contributed by atoms with Crippen LogP contribution >= 0.6 is 0 Å². The van der Waals surface area contributed by atoms with Crippen molar-refractivity contribution in [3.63, 3.8) is 0 Å². The zero-order chi connectivity index (χ0) is 25.8. The number of hydrogen-bond donors (Lipinski definition) is 1. The minimum atomic E-state index is -1.31. The Morgan fingerprint density at radius 1 is 0.971 bits per heavy atom. The first-order chi connectivity index (χ1) is 15.6. The van der Waals surface area contributed by atoms with E-state index < -0.39 is 45.5 Å². The van der Waals surface area contributed by atoms with Gasteiger partial charge in [0.2, 0.25) is 0 Å². The summed E-state index contributed by atoms with van der Waals surface area (Å²) in [6.45, 7) is 11.4. The molecule has 0 unspecified atom stereocenters. The smallest absolute Gasteiger partial charge is 0.424 e. The predicted molar refractivity (Wildman–Crippen MR) is 127 cm³/mol. The van der Waals surface area contributed by atoms with Crippen molar-refractivity contribution in [3.8, 4) is 0 Å². The quantitative estimate of drug-likeness (QED) is 0.397. The number of aryl methyl sites for hydroxylation is 1. The van der Waals surface area contributed by atoms with E-state index in [0.29, 0.717) is 0 Å². The Kier molecular flexibility index (Phi) is 7.86. The molecule has 2 aromatic rings. The van der Waals surface area contributed by atoms with E-state index in [4.69, 9.17) is 9.47 Å². The van der Waals surface area contributed by atoms with Crippen LogP contribution in [0, 0.1) is 22.9 Å². The lowest BCUT2D eigenvalue weighted by molar-refractivity contribution is -0.384. The number of carbonyl (C=O) groups is 2. The monoisotopic (exact) mass is 475 g/mol. The highest BCUT2D eigenvalue weighted by atomic mass is 19.1. The molecule has 0 fully saturated rings. The SMILES string of the molecule is Cc1ccc(CNc2ccc([N+](=O)[O-])c(N(C(=O)OC(C)(C)C)C(=O)OC(C)(C)C)c2F)cc1. The Balaban J connectivity index is 2.57. The largest absolute Gasteiger partial charge is 0.443 e. The van der Waals surface area contributed by atoms with E-state index >= 15 is 4.39 Å². The number of amides is 2. The average Bonchev–Trinajstić information content (AvgIpc) is 2.66. The van der Waals surface area contributed by atoms with Crippen molar-refractivity contribution in [1.29, 1.82) is 0 Å². The highest BCUT2D eigenvalue weighted by molar-refractivity contribution is 6.11. The van der Waals surface area contributed by atoms with Crippen molar-refractivity contribution in [1.82, 2.24) is 0 Å². The van der Waals surface area contributed by atoms with Crippen molar-refractivity contribution in [2.24, 2.45) is 0 Å². The Bertz CT molecular complexity index is 1040. The normalized spacial score (nSPS) is 11.5. The van der Waals surface area contributed by atoms with E-state index in [9.17, 15) is 19.7 Å². The maximum absolute atomic E-state index is 15.7. The zero-order valence-corrected chi connectivity index (χ0v) is 20.4. The minimum Gasteiger partial charge on any atom is -0.443 e. The van der Waals surface area contributed by atoms with Gasteiger partial charge in [-0.05, 0) is 60.1 Å². The van der Waals surface area contributed by atoms with Crippen molar-refractivity contribution in [3.05, 3.63) is 63.5 Å². The zero-order valence-electron chi connectivity index (χ0n) is 20.4. The predicted octanol–water partition coefficient (Wildman–Crippen LogP) is 6.33. The lowest BCUT2D eigenvalue weighted by Gasteiger charge is -2.28. The molecule has 0 saturated carbocycles. The van der Waals surface area contributed by atoms with Crippen molar-refractivity contribution >= 4 is 29.2 Å². The van der Waals surface area contributed by atoms with Crippen molar-refractivity contribution in [2.75, 3.05) is 10.2 Å². The number of carbonyl (C=O) groups excluding carboxylic acids is 2. The molecule has 0 radical (unpaired) electrons. The van der Waals surface area contributed by atoms with E-state index in [-0.39, 0.29) is 17.1 Å². The fourth-order valence-corrected chi connectivity index (χ4v) is 2.83. The molecular formula is C24H30FN3O6. The third-order valence-corrected chi connectivity index (χ3v) is 4.27. The lowest BCUT2D eigenvalue weighted by atomic mass is 10.1. The molecule has 0 atom stereocenters. The Morgan fingerprint density at radius 3 is 1.91 bits per heavy atom. The number of rotatable bonds is 5. The van der Waals surface area contributed by atoms with Gasteiger partial charge in [0.25, 0.3) is 5.69 Å². The molecule has 0 aliphatic rings. The summed E-state index contributed by atoms with van der Waals surface area (Å²) < 4.78 is 26.1. The summed E-state index contributed by atoms with van der Waals surface area (Å²) in [6, 6.07) is 9.66. The molecule has 2 aromatic carbocycles.